The maximum Gasteiger partial charge on any atom is 0.420 e. The standard InChI is InChI=1S/C11H25N3O2/c1-2-3-4-5-6-7-8-9-10-12-14-13-11(15)16/h12-14H,2-10H2,1H3,(H,15,16). The molecule has 1 amide bonds. The third-order valence-electron chi connectivity index (χ3n) is 2.41. The number of hydrazine groups is 2. The van der Waals surface area contributed by atoms with E-state index in [9.17, 15) is 4.79 Å². The molecule has 0 aliphatic rings. The Bertz CT molecular complexity index is 165. The molecule has 96 valence electrons. The number of rotatable bonds is 11. The van der Waals surface area contributed by atoms with Gasteiger partial charge in [0.15, 0.2) is 0 Å². The molecule has 16 heavy (non-hydrogen) atoms. The third-order valence-corrected chi connectivity index (χ3v) is 2.41. The van der Waals surface area contributed by atoms with Gasteiger partial charge >= 0.3 is 6.09 Å². The van der Waals surface area contributed by atoms with E-state index in [2.05, 4.69) is 17.9 Å². The highest BCUT2D eigenvalue weighted by atomic mass is 16.4. The first-order valence-electron chi connectivity index (χ1n) is 6.24. The summed E-state index contributed by atoms with van der Waals surface area (Å²) < 4.78 is 0. The van der Waals surface area contributed by atoms with Crippen LogP contribution in [-0.2, 0) is 0 Å². The highest BCUT2D eigenvalue weighted by molar-refractivity contribution is 5.63. The molecule has 0 aromatic rings. The van der Waals surface area contributed by atoms with E-state index in [4.69, 9.17) is 5.11 Å². The van der Waals surface area contributed by atoms with Crippen molar-refractivity contribution in [1.29, 1.82) is 0 Å². The molecule has 5 heteroatoms. The smallest absolute Gasteiger partial charge is 0.420 e. The molecule has 0 fully saturated rings. The zero-order chi connectivity index (χ0) is 12.1. The Morgan fingerprint density at radius 1 is 1.00 bits per heavy atom. The zero-order valence-electron chi connectivity index (χ0n) is 10.2. The molecular formula is C11H25N3O2. The predicted octanol–water partition coefficient (Wildman–Crippen LogP) is 2.40. The van der Waals surface area contributed by atoms with Crippen LogP contribution in [0.2, 0.25) is 0 Å². The number of nitrogens with one attached hydrogen (secondary N) is 3. The topological polar surface area (TPSA) is 73.4 Å². The fourth-order valence-corrected chi connectivity index (χ4v) is 1.51. The molecule has 0 saturated heterocycles. The molecule has 0 aromatic carbocycles. The first kappa shape index (κ1) is 15.2. The molecule has 0 bridgehead atoms. The molecular weight excluding hydrogens is 206 g/mol. The number of carbonyl (C=O) groups is 1. The van der Waals surface area contributed by atoms with Crippen LogP contribution in [-0.4, -0.2) is 17.7 Å². The lowest BCUT2D eigenvalue weighted by atomic mass is 10.1. The summed E-state index contributed by atoms with van der Waals surface area (Å²) in [5.74, 6) is 0. The monoisotopic (exact) mass is 231 g/mol. The number of carboxylic acid groups (broad SMARTS) is 1. The second-order valence-electron chi connectivity index (χ2n) is 3.96. The van der Waals surface area contributed by atoms with Crippen molar-refractivity contribution in [3.05, 3.63) is 0 Å². The Kier molecular flexibility index (Phi) is 11.6. The van der Waals surface area contributed by atoms with Crippen molar-refractivity contribution in [3.63, 3.8) is 0 Å². The molecule has 5 nitrogen and oxygen atoms in total. The van der Waals surface area contributed by atoms with Gasteiger partial charge in [0.2, 0.25) is 0 Å². The minimum Gasteiger partial charge on any atom is -0.464 e. The molecule has 0 rings (SSSR count). The largest absolute Gasteiger partial charge is 0.464 e. The van der Waals surface area contributed by atoms with E-state index in [1.807, 2.05) is 5.43 Å². The van der Waals surface area contributed by atoms with E-state index in [0.717, 1.165) is 13.0 Å². The Morgan fingerprint density at radius 3 is 2.12 bits per heavy atom. The van der Waals surface area contributed by atoms with Crippen LogP contribution >= 0.6 is 0 Å². The molecule has 0 unspecified atom stereocenters. The van der Waals surface area contributed by atoms with E-state index in [-0.39, 0.29) is 0 Å². The maximum absolute atomic E-state index is 10.0. The fraction of sp³-hybridized carbons (Fsp3) is 0.909. The van der Waals surface area contributed by atoms with E-state index >= 15 is 0 Å². The SMILES string of the molecule is CCCCCCCCCCNNNC(=O)O. The van der Waals surface area contributed by atoms with Gasteiger partial charge in [-0.05, 0) is 6.42 Å². The van der Waals surface area contributed by atoms with Crippen LogP contribution in [0.5, 0.6) is 0 Å². The van der Waals surface area contributed by atoms with Crippen LogP contribution in [0, 0.1) is 0 Å². The Balaban J connectivity index is 2.90. The van der Waals surface area contributed by atoms with Crippen molar-refractivity contribution in [2.45, 2.75) is 58.3 Å². The first-order valence-corrected chi connectivity index (χ1v) is 6.24. The number of amides is 1. The number of unbranched alkanes of at least 4 members (excludes halogenated alkanes) is 7. The summed E-state index contributed by atoms with van der Waals surface area (Å²) in [5.41, 5.74) is 7.22. The van der Waals surface area contributed by atoms with Gasteiger partial charge in [-0.25, -0.2) is 15.6 Å². The number of hydrogen-bond donors (Lipinski definition) is 4. The Morgan fingerprint density at radius 2 is 1.56 bits per heavy atom. The minimum absolute atomic E-state index is 0.787. The van der Waals surface area contributed by atoms with E-state index in [0.29, 0.717) is 0 Å². The molecule has 0 aliphatic heterocycles. The second-order valence-corrected chi connectivity index (χ2v) is 3.96. The van der Waals surface area contributed by atoms with Crippen molar-refractivity contribution in [3.8, 4) is 0 Å². The van der Waals surface area contributed by atoms with Gasteiger partial charge in [-0.2, -0.15) is 5.53 Å². The lowest BCUT2D eigenvalue weighted by Crippen LogP contribution is -2.46. The van der Waals surface area contributed by atoms with Gasteiger partial charge in [0, 0.05) is 6.54 Å². The summed E-state index contributed by atoms with van der Waals surface area (Å²) in [6.07, 6.45) is 9.15. The van der Waals surface area contributed by atoms with Crippen LogP contribution in [0.3, 0.4) is 0 Å². The first-order chi connectivity index (χ1) is 7.77. The van der Waals surface area contributed by atoms with Crippen LogP contribution in [0.25, 0.3) is 0 Å². The molecule has 0 heterocycles. The van der Waals surface area contributed by atoms with Gasteiger partial charge in [0.1, 0.15) is 0 Å². The van der Waals surface area contributed by atoms with E-state index in [1.165, 1.54) is 44.9 Å². The van der Waals surface area contributed by atoms with Gasteiger partial charge in [0.25, 0.3) is 0 Å². The summed E-state index contributed by atoms with van der Waals surface area (Å²) in [6, 6.07) is 0. The van der Waals surface area contributed by atoms with Crippen LogP contribution in [0.15, 0.2) is 0 Å². The van der Waals surface area contributed by atoms with Gasteiger partial charge < -0.3 is 5.11 Å². The van der Waals surface area contributed by atoms with Crippen LogP contribution < -0.4 is 16.4 Å². The zero-order valence-corrected chi connectivity index (χ0v) is 10.2. The average Bonchev–Trinajstić information content (AvgIpc) is 2.25. The summed E-state index contributed by atoms with van der Waals surface area (Å²) in [5, 5.41) is 8.24. The summed E-state index contributed by atoms with van der Waals surface area (Å²) in [7, 11) is 0. The number of hydrogen-bond acceptors (Lipinski definition) is 3. The van der Waals surface area contributed by atoms with Crippen LogP contribution in [0.4, 0.5) is 4.79 Å². The molecule has 0 aromatic heterocycles. The fourth-order valence-electron chi connectivity index (χ4n) is 1.51. The molecule has 0 radical (unpaired) electrons. The van der Waals surface area contributed by atoms with Gasteiger partial charge in [-0.15, -0.1) is 0 Å². The quantitative estimate of drug-likeness (QED) is 0.325. The summed E-state index contributed by atoms with van der Waals surface area (Å²) in [4.78, 5) is 10.0. The van der Waals surface area contributed by atoms with Gasteiger partial charge in [-0.3, -0.25) is 0 Å². The maximum atomic E-state index is 10.0. The van der Waals surface area contributed by atoms with Crippen molar-refractivity contribution >= 4 is 6.09 Å². The van der Waals surface area contributed by atoms with E-state index in [1.54, 1.807) is 0 Å². The molecule has 0 atom stereocenters. The van der Waals surface area contributed by atoms with Gasteiger partial charge in [0.05, 0.1) is 0 Å². The predicted molar refractivity (Wildman–Crippen MR) is 64.9 cm³/mol. The van der Waals surface area contributed by atoms with Gasteiger partial charge in [-0.1, -0.05) is 51.9 Å². The van der Waals surface area contributed by atoms with Crippen LogP contribution in [0.1, 0.15) is 58.3 Å². The second kappa shape index (κ2) is 12.3. The molecule has 0 saturated carbocycles. The van der Waals surface area contributed by atoms with Crippen molar-refractivity contribution in [1.82, 2.24) is 16.4 Å². The van der Waals surface area contributed by atoms with Crippen molar-refractivity contribution < 1.29 is 9.90 Å². The lowest BCUT2D eigenvalue weighted by Gasteiger charge is -2.05. The normalized spacial score (nSPS) is 10.3. The highest BCUT2D eigenvalue weighted by Gasteiger charge is 1.92. The minimum atomic E-state index is -1.08. The molecule has 0 spiro atoms. The molecule has 4 N–H and O–H groups in total. The highest BCUT2D eigenvalue weighted by Crippen LogP contribution is 2.07. The lowest BCUT2D eigenvalue weighted by molar-refractivity contribution is 0.185. The Hall–Kier alpha value is -0.810. The van der Waals surface area contributed by atoms with Crippen molar-refractivity contribution in [2.75, 3.05) is 6.54 Å². The Labute approximate surface area is 97.9 Å². The summed E-state index contributed by atoms with van der Waals surface area (Å²) in [6.45, 7) is 3.01. The molecule has 0 aliphatic carbocycles. The summed E-state index contributed by atoms with van der Waals surface area (Å²) >= 11 is 0. The third kappa shape index (κ3) is 13.2. The van der Waals surface area contributed by atoms with E-state index < -0.39 is 6.09 Å². The van der Waals surface area contributed by atoms with Crippen molar-refractivity contribution in [2.24, 2.45) is 0 Å². The average molecular weight is 231 g/mol.